The molecule has 1 fully saturated rings. The minimum Gasteiger partial charge on any atom is -0.279 e. The number of nitrogens with one attached hydrogen (secondary N) is 1. The van der Waals surface area contributed by atoms with E-state index in [0.717, 1.165) is 0 Å². The Hall–Kier alpha value is -0.680. The molecule has 0 saturated carbocycles. The van der Waals surface area contributed by atoms with Gasteiger partial charge < -0.3 is 0 Å². The molecule has 0 aliphatic carbocycles. The molecule has 0 radical (unpaired) electrons. The number of thiazole rings is 1. The maximum absolute atomic E-state index is 12.5. The van der Waals surface area contributed by atoms with E-state index >= 15 is 0 Å². The summed E-state index contributed by atoms with van der Waals surface area (Å²) in [6.07, 6.45) is 2.12. The topological polar surface area (TPSA) is 97.6 Å². The monoisotopic (exact) mass is 369 g/mol. The van der Waals surface area contributed by atoms with Crippen molar-refractivity contribution in [2.45, 2.75) is 23.9 Å². The predicted octanol–water partition coefficient (Wildman–Crippen LogP) is 0.905. The number of fused-ring (bicyclic) bond motifs is 1. The van der Waals surface area contributed by atoms with E-state index in [4.69, 9.17) is 11.6 Å². The van der Waals surface area contributed by atoms with E-state index in [1.54, 1.807) is 11.6 Å². The highest BCUT2D eigenvalue weighted by molar-refractivity contribution is 7.91. The van der Waals surface area contributed by atoms with Gasteiger partial charge in [-0.05, 0) is 12.8 Å². The maximum atomic E-state index is 12.5. The van der Waals surface area contributed by atoms with E-state index in [1.807, 2.05) is 0 Å². The Morgan fingerprint density at radius 2 is 2.05 bits per heavy atom. The van der Waals surface area contributed by atoms with E-state index < -0.39 is 25.9 Å². The van der Waals surface area contributed by atoms with Crippen molar-refractivity contribution in [3.8, 4) is 0 Å². The van der Waals surface area contributed by atoms with Gasteiger partial charge in [0.2, 0.25) is 0 Å². The van der Waals surface area contributed by atoms with Gasteiger partial charge in [0, 0.05) is 17.6 Å². The van der Waals surface area contributed by atoms with E-state index in [1.165, 1.54) is 15.7 Å². The van der Waals surface area contributed by atoms with Crippen molar-refractivity contribution in [2.75, 3.05) is 11.5 Å². The first-order valence-corrected chi connectivity index (χ1v) is 10.7. The van der Waals surface area contributed by atoms with Gasteiger partial charge in [-0.1, -0.05) is 11.6 Å². The molecule has 1 aliphatic heterocycles. The minimum absolute atomic E-state index is 0.00577. The van der Waals surface area contributed by atoms with Gasteiger partial charge in [0.1, 0.15) is 9.84 Å². The van der Waals surface area contributed by atoms with Crippen molar-refractivity contribution < 1.29 is 16.8 Å². The Labute approximate surface area is 130 Å². The Kier molecular flexibility index (Phi) is 3.77. The highest BCUT2D eigenvalue weighted by Crippen LogP contribution is 2.26. The molecule has 0 bridgehead atoms. The summed E-state index contributed by atoms with van der Waals surface area (Å²) in [6, 6.07) is -0.404. The van der Waals surface area contributed by atoms with Crippen molar-refractivity contribution in [1.29, 1.82) is 0 Å². The molecule has 0 spiro atoms. The smallest absolute Gasteiger partial charge is 0.260 e. The Balaban J connectivity index is 1.88. The van der Waals surface area contributed by atoms with Crippen LogP contribution in [0.25, 0.3) is 4.96 Å². The van der Waals surface area contributed by atoms with Crippen LogP contribution in [-0.2, 0) is 19.9 Å². The van der Waals surface area contributed by atoms with Gasteiger partial charge in [-0.2, -0.15) is 0 Å². The zero-order valence-corrected chi connectivity index (χ0v) is 13.9. The SMILES string of the molecule is O=S1(=O)CCC(NS(=O)(=O)c2c(Cl)nc3sccn23)CC1. The summed E-state index contributed by atoms with van der Waals surface area (Å²) in [5.41, 5.74) is 0. The Morgan fingerprint density at radius 3 is 2.71 bits per heavy atom. The number of aromatic nitrogens is 2. The summed E-state index contributed by atoms with van der Waals surface area (Å²) in [6.45, 7) is 0. The molecular formula is C10H12ClN3O4S3. The third-order valence-corrected chi connectivity index (χ3v) is 7.70. The lowest BCUT2D eigenvalue weighted by molar-refractivity contribution is 0.503. The third-order valence-electron chi connectivity index (χ3n) is 3.31. The lowest BCUT2D eigenvalue weighted by atomic mass is 10.2. The first-order valence-electron chi connectivity index (χ1n) is 6.12. The highest BCUT2D eigenvalue weighted by atomic mass is 35.5. The van der Waals surface area contributed by atoms with Crippen LogP contribution in [0.2, 0.25) is 5.15 Å². The summed E-state index contributed by atoms with van der Waals surface area (Å²) in [4.78, 5) is 4.48. The van der Waals surface area contributed by atoms with Gasteiger partial charge in [0.05, 0.1) is 11.5 Å². The molecule has 116 valence electrons. The molecule has 3 rings (SSSR count). The number of hydrogen-bond donors (Lipinski definition) is 1. The second-order valence-corrected chi connectivity index (χ2v) is 9.97. The van der Waals surface area contributed by atoms with Gasteiger partial charge in [0.15, 0.2) is 15.1 Å². The lowest BCUT2D eigenvalue weighted by Crippen LogP contribution is -2.41. The summed E-state index contributed by atoms with van der Waals surface area (Å²) in [7, 11) is -6.89. The molecule has 0 unspecified atom stereocenters. The molecule has 1 saturated heterocycles. The molecule has 0 atom stereocenters. The predicted molar refractivity (Wildman–Crippen MR) is 80.1 cm³/mol. The molecule has 21 heavy (non-hydrogen) atoms. The summed E-state index contributed by atoms with van der Waals surface area (Å²) in [5, 5.41) is 1.52. The second-order valence-electron chi connectivity index (χ2n) is 4.81. The molecule has 3 heterocycles. The van der Waals surface area contributed by atoms with Crippen LogP contribution in [0.1, 0.15) is 12.8 Å². The average molecular weight is 370 g/mol. The fraction of sp³-hybridized carbons (Fsp3) is 0.500. The third kappa shape index (κ3) is 2.95. The molecule has 0 aromatic carbocycles. The van der Waals surface area contributed by atoms with Crippen LogP contribution >= 0.6 is 22.9 Å². The van der Waals surface area contributed by atoms with Gasteiger partial charge in [-0.15, -0.1) is 11.3 Å². The standard InChI is InChI=1S/C10H12ClN3O4S3/c11-8-9(14-3-4-19-10(14)12-8)21(17,18)13-7-1-5-20(15,16)6-2-7/h3-4,7,13H,1-2,5-6H2. The zero-order valence-electron chi connectivity index (χ0n) is 10.7. The van der Waals surface area contributed by atoms with Gasteiger partial charge in [-0.25, -0.2) is 26.5 Å². The van der Waals surface area contributed by atoms with E-state index in [-0.39, 0.29) is 34.5 Å². The van der Waals surface area contributed by atoms with Crippen LogP contribution in [0.5, 0.6) is 0 Å². The average Bonchev–Trinajstić information content (AvgIpc) is 2.91. The number of imidazole rings is 1. The normalized spacial score (nSPS) is 20.0. The number of hydrogen-bond acceptors (Lipinski definition) is 6. The van der Waals surface area contributed by atoms with E-state index in [2.05, 4.69) is 9.71 Å². The van der Waals surface area contributed by atoms with E-state index in [0.29, 0.717) is 4.96 Å². The number of sulfone groups is 1. The number of rotatable bonds is 3. The lowest BCUT2D eigenvalue weighted by Gasteiger charge is -2.22. The first kappa shape index (κ1) is 15.2. The molecule has 0 amide bonds. The number of halogens is 1. The molecular weight excluding hydrogens is 358 g/mol. The summed E-state index contributed by atoms with van der Waals surface area (Å²) in [5.74, 6) is -0.0115. The van der Waals surface area contributed by atoms with Crippen molar-refractivity contribution in [3.05, 3.63) is 16.7 Å². The fourth-order valence-corrected chi connectivity index (χ4v) is 6.51. The highest BCUT2D eigenvalue weighted by Gasteiger charge is 2.31. The van der Waals surface area contributed by atoms with Gasteiger partial charge >= 0.3 is 0 Å². The molecule has 7 nitrogen and oxygen atoms in total. The molecule has 2 aromatic heterocycles. The van der Waals surface area contributed by atoms with Crippen LogP contribution in [0.15, 0.2) is 16.6 Å². The minimum atomic E-state index is -3.85. The summed E-state index contributed by atoms with van der Waals surface area (Å²) >= 11 is 7.20. The van der Waals surface area contributed by atoms with Crippen molar-refractivity contribution in [3.63, 3.8) is 0 Å². The number of nitrogens with zero attached hydrogens (tertiary/aromatic N) is 2. The summed E-state index contributed by atoms with van der Waals surface area (Å²) < 4.78 is 51.6. The maximum Gasteiger partial charge on any atom is 0.260 e. The van der Waals surface area contributed by atoms with Gasteiger partial charge in [0.25, 0.3) is 10.0 Å². The van der Waals surface area contributed by atoms with Crippen molar-refractivity contribution in [1.82, 2.24) is 14.1 Å². The Bertz CT molecular complexity index is 870. The van der Waals surface area contributed by atoms with Crippen LogP contribution < -0.4 is 4.72 Å². The molecule has 2 aromatic rings. The van der Waals surface area contributed by atoms with Crippen LogP contribution in [0.3, 0.4) is 0 Å². The van der Waals surface area contributed by atoms with Crippen LogP contribution in [0, 0.1) is 0 Å². The largest absolute Gasteiger partial charge is 0.279 e. The molecule has 11 heteroatoms. The quantitative estimate of drug-likeness (QED) is 0.867. The molecule has 1 aliphatic rings. The zero-order chi connectivity index (χ0) is 15.3. The van der Waals surface area contributed by atoms with E-state index in [9.17, 15) is 16.8 Å². The van der Waals surface area contributed by atoms with Crippen molar-refractivity contribution in [2.24, 2.45) is 0 Å². The van der Waals surface area contributed by atoms with Crippen molar-refractivity contribution >= 4 is 47.8 Å². The van der Waals surface area contributed by atoms with Crippen LogP contribution in [0.4, 0.5) is 0 Å². The molecule has 1 N–H and O–H groups in total. The van der Waals surface area contributed by atoms with Crippen LogP contribution in [-0.4, -0.2) is 43.8 Å². The number of sulfonamides is 1. The Morgan fingerprint density at radius 1 is 1.38 bits per heavy atom. The van der Waals surface area contributed by atoms with Gasteiger partial charge in [-0.3, -0.25) is 4.40 Å². The first-order chi connectivity index (χ1) is 9.78. The second kappa shape index (κ2) is 5.20. The fourth-order valence-electron chi connectivity index (χ4n) is 2.26.